The van der Waals surface area contributed by atoms with Crippen molar-refractivity contribution < 1.29 is 4.92 Å². The van der Waals surface area contributed by atoms with Crippen LogP contribution in [0.15, 0.2) is 12.4 Å². The average molecular weight is 302 g/mol. The normalized spacial score (nSPS) is 15.1. The van der Waals surface area contributed by atoms with Gasteiger partial charge in [0.25, 0.3) is 0 Å². The fourth-order valence-electron chi connectivity index (χ4n) is 2.86. The predicted octanol–water partition coefficient (Wildman–Crippen LogP) is 2.18. The summed E-state index contributed by atoms with van der Waals surface area (Å²) >= 11 is 0. The molecule has 1 aliphatic rings. The Hall–Kier alpha value is -2.51. The molecule has 0 bridgehead atoms. The third kappa shape index (κ3) is 2.51. The molecule has 0 atom stereocenters. The zero-order valence-electron chi connectivity index (χ0n) is 12.7. The van der Waals surface area contributed by atoms with Crippen molar-refractivity contribution >= 4 is 11.5 Å². The van der Waals surface area contributed by atoms with Crippen molar-refractivity contribution in [1.29, 1.82) is 0 Å². The zero-order valence-corrected chi connectivity index (χ0v) is 12.7. The van der Waals surface area contributed by atoms with Crippen LogP contribution in [0.5, 0.6) is 0 Å². The van der Waals surface area contributed by atoms with E-state index in [1.54, 1.807) is 0 Å². The van der Waals surface area contributed by atoms with Crippen molar-refractivity contribution in [3.05, 3.63) is 33.9 Å². The van der Waals surface area contributed by atoms with E-state index in [0.29, 0.717) is 5.82 Å². The van der Waals surface area contributed by atoms with Crippen LogP contribution in [-0.4, -0.2) is 37.8 Å². The number of aromatic nitrogens is 4. The SMILES string of the molecule is Cc1cc(C)n(-c2ncnc(N3CCCCC3)c2[N+](=O)[O-])n1. The Morgan fingerprint density at radius 2 is 1.82 bits per heavy atom. The molecule has 8 heteroatoms. The van der Waals surface area contributed by atoms with E-state index >= 15 is 0 Å². The second-order valence-corrected chi connectivity index (χ2v) is 5.51. The number of aryl methyl sites for hydroxylation is 2. The fourth-order valence-corrected chi connectivity index (χ4v) is 2.86. The molecule has 2 aromatic rings. The van der Waals surface area contributed by atoms with Crippen LogP contribution in [0.25, 0.3) is 5.82 Å². The van der Waals surface area contributed by atoms with Crippen LogP contribution in [0, 0.1) is 24.0 Å². The fraction of sp³-hybridized carbons (Fsp3) is 0.500. The lowest BCUT2D eigenvalue weighted by atomic mass is 10.1. The molecule has 0 aliphatic carbocycles. The molecule has 22 heavy (non-hydrogen) atoms. The minimum atomic E-state index is -0.407. The number of hydrogen-bond donors (Lipinski definition) is 0. The summed E-state index contributed by atoms with van der Waals surface area (Å²) in [5, 5.41) is 15.9. The van der Waals surface area contributed by atoms with Gasteiger partial charge >= 0.3 is 5.69 Å². The van der Waals surface area contributed by atoms with Gasteiger partial charge in [-0.2, -0.15) is 5.10 Å². The lowest BCUT2D eigenvalue weighted by molar-refractivity contribution is -0.384. The van der Waals surface area contributed by atoms with Crippen molar-refractivity contribution in [2.45, 2.75) is 33.1 Å². The number of rotatable bonds is 3. The molecular weight excluding hydrogens is 284 g/mol. The van der Waals surface area contributed by atoms with Gasteiger partial charge in [-0.15, -0.1) is 0 Å². The van der Waals surface area contributed by atoms with Crippen molar-refractivity contribution in [2.24, 2.45) is 0 Å². The Bertz CT molecular complexity index is 705. The summed E-state index contributed by atoms with van der Waals surface area (Å²) < 4.78 is 1.52. The summed E-state index contributed by atoms with van der Waals surface area (Å²) in [6.07, 6.45) is 4.58. The van der Waals surface area contributed by atoms with E-state index in [4.69, 9.17) is 0 Å². The van der Waals surface area contributed by atoms with Gasteiger partial charge in [0.15, 0.2) is 0 Å². The summed E-state index contributed by atoms with van der Waals surface area (Å²) in [5.41, 5.74) is 1.53. The second kappa shape index (κ2) is 5.70. The zero-order chi connectivity index (χ0) is 15.7. The van der Waals surface area contributed by atoms with E-state index in [9.17, 15) is 10.1 Å². The molecule has 0 N–H and O–H groups in total. The molecule has 1 fully saturated rings. The van der Waals surface area contributed by atoms with Gasteiger partial charge in [-0.25, -0.2) is 14.6 Å². The summed E-state index contributed by atoms with van der Waals surface area (Å²) in [7, 11) is 0. The van der Waals surface area contributed by atoms with E-state index in [1.807, 2.05) is 24.8 Å². The molecule has 0 unspecified atom stereocenters. The third-order valence-corrected chi connectivity index (χ3v) is 3.83. The minimum Gasteiger partial charge on any atom is -0.351 e. The number of nitro groups is 1. The summed E-state index contributed by atoms with van der Waals surface area (Å²) in [4.78, 5) is 21.5. The van der Waals surface area contributed by atoms with Crippen molar-refractivity contribution in [3.63, 3.8) is 0 Å². The molecule has 3 heterocycles. The highest BCUT2D eigenvalue weighted by Gasteiger charge is 2.29. The van der Waals surface area contributed by atoms with Crippen LogP contribution in [0.3, 0.4) is 0 Å². The Balaban J connectivity index is 2.14. The summed E-state index contributed by atoms with van der Waals surface area (Å²) in [6, 6.07) is 1.87. The Kier molecular flexibility index (Phi) is 3.74. The van der Waals surface area contributed by atoms with Crippen LogP contribution < -0.4 is 4.90 Å². The summed E-state index contributed by atoms with van der Waals surface area (Å²) in [6.45, 7) is 5.28. The van der Waals surface area contributed by atoms with Crippen LogP contribution in [0.1, 0.15) is 30.7 Å². The molecule has 0 saturated carbocycles. The molecule has 2 aromatic heterocycles. The quantitative estimate of drug-likeness (QED) is 0.637. The molecule has 1 saturated heterocycles. The summed E-state index contributed by atoms with van der Waals surface area (Å²) in [5.74, 6) is 0.619. The van der Waals surface area contributed by atoms with E-state index in [1.165, 1.54) is 11.0 Å². The Labute approximate surface area is 127 Å². The van der Waals surface area contributed by atoms with E-state index in [2.05, 4.69) is 15.1 Å². The maximum atomic E-state index is 11.6. The van der Waals surface area contributed by atoms with Gasteiger partial charge in [0.2, 0.25) is 11.6 Å². The second-order valence-electron chi connectivity index (χ2n) is 5.51. The van der Waals surface area contributed by atoms with Crippen molar-refractivity contribution in [2.75, 3.05) is 18.0 Å². The smallest absolute Gasteiger partial charge is 0.351 e. The number of nitrogens with zero attached hydrogens (tertiary/aromatic N) is 6. The molecule has 116 valence electrons. The van der Waals surface area contributed by atoms with Crippen LogP contribution in [0.4, 0.5) is 11.5 Å². The van der Waals surface area contributed by atoms with Gasteiger partial charge in [-0.1, -0.05) is 0 Å². The first-order valence-electron chi connectivity index (χ1n) is 7.36. The minimum absolute atomic E-state index is 0.0735. The van der Waals surface area contributed by atoms with Crippen molar-refractivity contribution in [3.8, 4) is 5.82 Å². The standard InChI is InChI=1S/C14H18N6O2/c1-10-8-11(2)19(17-10)14-12(20(21)22)13(15-9-16-14)18-6-4-3-5-7-18/h8-9H,3-7H2,1-2H3. The first-order valence-corrected chi connectivity index (χ1v) is 7.36. The molecule has 0 amide bonds. The molecule has 0 radical (unpaired) electrons. The van der Waals surface area contributed by atoms with E-state index in [0.717, 1.165) is 43.7 Å². The molecule has 3 rings (SSSR count). The van der Waals surface area contributed by atoms with Crippen LogP contribution in [0.2, 0.25) is 0 Å². The molecule has 8 nitrogen and oxygen atoms in total. The number of piperidine rings is 1. The Morgan fingerprint density at radius 3 is 2.41 bits per heavy atom. The highest BCUT2D eigenvalue weighted by atomic mass is 16.6. The predicted molar refractivity (Wildman–Crippen MR) is 81.3 cm³/mol. The van der Waals surface area contributed by atoms with Crippen molar-refractivity contribution in [1.82, 2.24) is 19.7 Å². The lowest BCUT2D eigenvalue weighted by Crippen LogP contribution is -2.31. The first kappa shape index (κ1) is 14.4. The largest absolute Gasteiger partial charge is 0.355 e. The number of hydrogen-bond acceptors (Lipinski definition) is 6. The maximum absolute atomic E-state index is 11.6. The average Bonchev–Trinajstić information content (AvgIpc) is 2.85. The van der Waals surface area contributed by atoms with Crippen LogP contribution in [-0.2, 0) is 0 Å². The van der Waals surface area contributed by atoms with Gasteiger partial charge in [0.05, 0.1) is 10.6 Å². The molecular formula is C14H18N6O2. The third-order valence-electron chi connectivity index (χ3n) is 3.83. The highest BCUT2D eigenvalue weighted by Crippen LogP contribution is 2.32. The van der Waals surface area contributed by atoms with Gasteiger partial charge < -0.3 is 4.90 Å². The Morgan fingerprint density at radius 1 is 1.14 bits per heavy atom. The van der Waals surface area contributed by atoms with Gasteiger partial charge in [-0.05, 0) is 39.2 Å². The van der Waals surface area contributed by atoms with Gasteiger partial charge in [-0.3, -0.25) is 10.1 Å². The first-order chi connectivity index (χ1) is 10.6. The monoisotopic (exact) mass is 302 g/mol. The van der Waals surface area contributed by atoms with E-state index < -0.39 is 4.92 Å². The maximum Gasteiger partial charge on any atom is 0.355 e. The molecule has 0 spiro atoms. The lowest BCUT2D eigenvalue weighted by Gasteiger charge is -2.27. The van der Waals surface area contributed by atoms with Gasteiger partial charge in [0.1, 0.15) is 6.33 Å². The highest BCUT2D eigenvalue weighted by molar-refractivity contribution is 5.65. The van der Waals surface area contributed by atoms with Crippen LogP contribution >= 0.6 is 0 Å². The molecule has 0 aromatic carbocycles. The van der Waals surface area contributed by atoms with E-state index in [-0.39, 0.29) is 11.5 Å². The van der Waals surface area contributed by atoms with Gasteiger partial charge in [0, 0.05) is 18.8 Å². The topological polar surface area (TPSA) is 90.0 Å². The molecule has 1 aliphatic heterocycles. The number of anilines is 1.